The number of rotatable bonds is 3. The molecule has 0 radical (unpaired) electrons. The van der Waals surface area contributed by atoms with Crippen LogP contribution in [-0.2, 0) is 0 Å². The first-order chi connectivity index (χ1) is 9.52. The average Bonchev–Trinajstić information content (AvgIpc) is 2.78. The maximum absolute atomic E-state index is 12.3. The lowest BCUT2D eigenvalue weighted by Gasteiger charge is -2.19. The van der Waals surface area contributed by atoms with Crippen LogP contribution in [0.25, 0.3) is 0 Å². The monoisotopic (exact) mass is 275 g/mol. The van der Waals surface area contributed by atoms with Gasteiger partial charge in [0.1, 0.15) is 0 Å². The van der Waals surface area contributed by atoms with E-state index in [1.165, 1.54) is 0 Å². The summed E-state index contributed by atoms with van der Waals surface area (Å²) >= 11 is 0. The summed E-state index contributed by atoms with van der Waals surface area (Å²) in [6.45, 7) is 4.39. The van der Waals surface area contributed by atoms with E-state index in [1.54, 1.807) is 24.3 Å². The van der Waals surface area contributed by atoms with Crippen molar-refractivity contribution in [3.63, 3.8) is 0 Å². The molecule has 1 amide bonds. The fourth-order valence-electron chi connectivity index (χ4n) is 2.70. The smallest absolute Gasteiger partial charge is 0.251 e. The summed E-state index contributed by atoms with van der Waals surface area (Å²) in [6.07, 6.45) is 2.17. The fraction of sp³-hybridized carbons (Fsp3) is 0.467. The van der Waals surface area contributed by atoms with Gasteiger partial charge in [-0.05, 0) is 36.8 Å². The molecule has 1 saturated carbocycles. The second-order valence-corrected chi connectivity index (χ2v) is 5.56. The van der Waals surface area contributed by atoms with Crippen molar-refractivity contribution < 1.29 is 10.0 Å². The van der Waals surface area contributed by atoms with Gasteiger partial charge in [0.2, 0.25) is 0 Å². The number of nitrogens with zero attached hydrogens (tertiary/aromatic N) is 1. The zero-order chi connectivity index (χ0) is 14.7. The van der Waals surface area contributed by atoms with Crippen LogP contribution in [0, 0.1) is 11.8 Å². The number of carbonyl (C=O) groups excluding carboxylic acids is 1. The third kappa shape index (κ3) is 2.92. The Bertz CT molecular complexity index is 528. The van der Waals surface area contributed by atoms with Crippen LogP contribution in [0.4, 0.5) is 0 Å². The van der Waals surface area contributed by atoms with Crippen LogP contribution in [0.15, 0.2) is 29.4 Å². The Hall–Kier alpha value is -2.04. The van der Waals surface area contributed by atoms with Gasteiger partial charge in [-0.1, -0.05) is 31.1 Å². The summed E-state index contributed by atoms with van der Waals surface area (Å²) in [5.41, 5.74) is 6.60. The predicted molar refractivity (Wildman–Crippen MR) is 77.8 cm³/mol. The van der Waals surface area contributed by atoms with E-state index >= 15 is 0 Å². The number of amides is 1. The molecule has 3 unspecified atom stereocenters. The molecule has 0 spiro atoms. The van der Waals surface area contributed by atoms with Crippen LogP contribution < -0.4 is 11.1 Å². The molecule has 5 heteroatoms. The predicted octanol–water partition coefficient (Wildman–Crippen LogP) is 1.95. The van der Waals surface area contributed by atoms with Crippen molar-refractivity contribution in [3.05, 3.63) is 35.4 Å². The van der Waals surface area contributed by atoms with E-state index in [0.717, 1.165) is 12.8 Å². The summed E-state index contributed by atoms with van der Waals surface area (Å²) < 4.78 is 0. The lowest BCUT2D eigenvalue weighted by molar-refractivity contribution is 0.0927. The second kappa shape index (κ2) is 5.94. The Morgan fingerprint density at radius 3 is 2.65 bits per heavy atom. The maximum atomic E-state index is 12.3. The molecule has 1 aromatic rings. The minimum Gasteiger partial charge on any atom is -0.409 e. The third-order valence-corrected chi connectivity index (χ3v) is 4.31. The highest BCUT2D eigenvalue weighted by atomic mass is 16.4. The van der Waals surface area contributed by atoms with Gasteiger partial charge >= 0.3 is 0 Å². The van der Waals surface area contributed by atoms with Gasteiger partial charge < -0.3 is 16.3 Å². The Labute approximate surface area is 118 Å². The van der Waals surface area contributed by atoms with Gasteiger partial charge in [-0.25, -0.2) is 0 Å². The summed E-state index contributed by atoms with van der Waals surface area (Å²) in [5, 5.41) is 14.7. The molecule has 1 aromatic carbocycles. The minimum absolute atomic E-state index is 0.00232. The third-order valence-electron chi connectivity index (χ3n) is 4.31. The van der Waals surface area contributed by atoms with Gasteiger partial charge in [-0.3, -0.25) is 4.79 Å². The Morgan fingerprint density at radius 2 is 2.05 bits per heavy atom. The summed E-state index contributed by atoms with van der Waals surface area (Å²) in [4.78, 5) is 12.3. The first kappa shape index (κ1) is 14.4. The summed E-state index contributed by atoms with van der Waals surface area (Å²) in [6, 6.07) is 7.01. The van der Waals surface area contributed by atoms with Crippen LogP contribution in [0.3, 0.4) is 0 Å². The number of amidine groups is 1. The number of hydrogen-bond acceptors (Lipinski definition) is 3. The molecule has 0 heterocycles. The Kier molecular flexibility index (Phi) is 4.27. The van der Waals surface area contributed by atoms with E-state index in [4.69, 9.17) is 10.9 Å². The van der Waals surface area contributed by atoms with Crippen molar-refractivity contribution in [3.8, 4) is 0 Å². The highest BCUT2D eigenvalue weighted by molar-refractivity contribution is 6.01. The van der Waals surface area contributed by atoms with Crippen LogP contribution in [-0.4, -0.2) is 23.0 Å². The highest BCUT2D eigenvalue weighted by Gasteiger charge is 2.30. The standard InChI is InChI=1S/C15H21N3O2/c1-9-6-7-13(10(9)2)17-15(19)12-5-3-4-11(8-12)14(16)18-20/h3-5,8-10,13,20H,6-7H2,1-2H3,(H2,16,18)(H,17,19). The molecule has 108 valence electrons. The van der Waals surface area contributed by atoms with E-state index in [2.05, 4.69) is 24.3 Å². The number of oxime groups is 1. The van der Waals surface area contributed by atoms with Gasteiger partial charge in [0.05, 0.1) is 0 Å². The van der Waals surface area contributed by atoms with Gasteiger partial charge in [0.25, 0.3) is 5.91 Å². The number of carbonyl (C=O) groups is 1. The van der Waals surface area contributed by atoms with E-state index in [0.29, 0.717) is 23.0 Å². The SMILES string of the molecule is CC1CCC(NC(=O)c2cccc(C(N)=NO)c2)C1C. The number of nitrogens with two attached hydrogens (primary N) is 1. The molecule has 1 fully saturated rings. The molecule has 0 saturated heterocycles. The van der Waals surface area contributed by atoms with Crippen molar-refractivity contribution >= 4 is 11.7 Å². The molecule has 4 N–H and O–H groups in total. The van der Waals surface area contributed by atoms with Crippen LogP contribution in [0.1, 0.15) is 42.6 Å². The van der Waals surface area contributed by atoms with Crippen molar-refractivity contribution in [2.45, 2.75) is 32.7 Å². The number of benzene rings is 1. The average molecular weight is 275 g/mol. The quantitative estimate of drug-likeness (QED) is 0.341. The van der Waals surface area contributed by atoms with E-state index in [1.807, 2.05) is 0 Å². The largest absolute Gasteiger partial charge is 0.409 e. The summed E-state index contributed by atoms with van der Waals surface area (Å²) in [7, 11) is 0. The van der Waals surface area contributed by atoms with Crippen LogP contribution >= 0.6 is 0 Å². The first-order valence-electron chi connectivity index (χ1n) is 6.91. The fourth-order valence-corrected chi connectivity index (χ4v) is 2.70. The van der Waals surface area contributed by atoms with Gasteiger partial charge in [-0.15, -0.1) is 0 Å². The normalized spacial score (nSPS) is 26.5. The van der Waals surface area contributed by atoms with E-state index < -0.39 is 0 Å². The molecule has 0 aliphatic heterocycles. The van der Waals surface area contributed by atoms with E-state index in [-0.39, 0.29) is 17.8 Å². The van der Waals surface area contributed by atoms with Gasteiger partial charge in [0, 0.05) is 17.2 Å². The molecule has 20 heavy (non-hydrogen) atoms. The molecular weight excluding hydrogens is 254 g/mol. The second-order valence-electron chi connectivity index (χ2n) is 5.56. The number of nitrogens with one attached hydrogen (secondary N) is 1. The zero-order valence-corrected chi connectivity index (χ0v) is 11.8. The first-order valence-corrected chi connectivity index (χ1v) is 6.91. The zero-order valence-electron chi connectivity index (χ0n) is 11.8. The highest BCUT2D eigenvalue weighted by Crippen LogP contribution is 2.31. The lowest BCUT2D eigenvalue weighted by Crippen LogP contribution is -2.37. The van der Waals surface area contributed by atoms with Crippen molar-refractivity contribution in [1.29, 1.82) is 0 Å². The van der Waals surface area contributed by atoms with Crippen LogP contribution in [0.2, 0.25) is 0 Å². The van der Waals surface area contributed by atoms with Gasteiger partial charge in [0.15, 0.2) is 5.84 Å². The topological polar surface area (TPSA) is 87.7 Å². The molecule has 2 rings (SSSR count). The maximum Gasteiger partial charge on any atom is 0.251 e. The Balaban J connectivity index is 2.10. The van der Waals surface area contributed by atoms with Crippen LogP contribution in [0.5, 0.6) is 0 Å². The molecule has 1 aliphatic rings. The molecule has 0 aromatic heterocycles. The minimum atomic E-state index is -0.108. The number of hydrogen-bond donors (Lipinski definition) is 3. The van der Waals surface area contributed by atoms with Gasteiger partial charge in [-0.2, -0.15) is 0 Å². The van der Waals surface area contributed by atoms with E-state index in [9.17, 15) is 4.79 Å². The molecule has 1 aliphatic carbocycles. The Morgan fingerprint density at radius 1 is 1.35 bits per heavy atom. The molecule has 0 bridgehead atoms. The van der Waals surface area contributed by atoms with Crippen molar-refractivity contribution in [2.75, 3.05) is 0 Å². The molecule has 3 atom stereocenters. The van der Waals surface area contributed by atoms with Crippen molar-refractivity contribution in [1.82, 2.24) is 5.32 Å². The van der Waals surface area contributed by atoms with Crippen molar-refractivity contribution in [2.24, 2.45) is 22.7 Å². The summed E-state index contributed by atoms with van der Waals surface area (Å²) in [5.74, 6) is 1.03. The molecular formula is C15H21N3O2. The lowest BCUT2D eigenvalue weighted by atomic mass is 9.97. The molecule has 5 nitrogen and oxygen atoms in total.